The summed E-state index contributed by atoms with van der Waals surface area (Å²) in [6, 6.07) is 12.7. The number of hydrogen-bond acceptors (Lipinski definition) is 5. The van der Waals surface area contributed by atoms with E-state index in [1.807, 2.05) is 18.2 Å². The highest BCUT2D eigenvalue weighted by Crippen LogP contribution is 2.39. The van der Waals surface area contributed by atoms with Gasteiger partial charge in [0.15, 0.2) is 11.5 Å². The second kappa shape index (κ2) is 7.19. The molecule has 4 rings (SSSR count). The smallest absolute Gasteiger partial charge is 0.231 e. The molecule has 2 N–H and O–H groups in total. The van der Waals surface area contributed by atoms with E-state index in [9.17, 15) is 9.59 Å². The molecule has 2 aromatic carbocycles. The van der Waals surface area contributed by atoms with E-state index < -0.39 is 0 Å². The Morgan fingerprint density at radius 3 is 2.56 bits per heavy atom. The minimum atomic E-state index is -0.288. The normalized spacial score (nSPS) is 19.3. The van der Waals surface area contributed by atoms with Crippen LogP contribution in [0.5, 0.6) is 17.2 Å². The molecule has 1 saturated carbocycles. The zero-order valence-electron chi connectivity index (χ0n) is 14.9. The van der Waals surface area contributed by atoms with Crippen LogP contribution in [0.2, 0.25) is 0 Å². The van der Waals surface area contributed by atoms with Crippen LogP contribution in [0, 0.1) is 11.8 Å². The SMILES string of the molecule is COc1ccc(NC(=O)C2CC2C(=O)NCc2ccc3c(c2)OCO3)cc1. The Kier molecular flexibility index (Phi) is 4.58. The molecular weight excluding hydrogens is 348 g/mol. The molecule has 7 heteroatoms. The van der Waals surface area contributed by atoms with Gasteiger partial charge in [-0.3, -0.25) is 9.59 Å². The lowest BCUT2D eigenvalue weighted by Crippen LogP contribution is -2.27. The number of fused-ring (bicyclic) bond motifs is 1. The third-order valence-corrected chi connectivity index (χ3v) is 4.73. The third kappa shape index (κ3) is 3.81. The topological polar surface area (TPSA) is 85.9 Å². The minimum absolute atomic E-state index is 0.109. The molecule has 1 heterocycles. The molecule has 0 saturated heterocycles. The Labute approximate surface area is 156 Å². The van der Waals surface area contributed by atoms with E-state index in [-0.39, 0.29) is 30.4 Å². The second-order valence-corrected chi connectivity index (χ2v) is 6.57. The molecule has 1 aliphatic heterocycles. The Hall–Kier alpha value is -3.22. The van der Waals surface area contributed by atoms with Crippen molar-refractivity contribution in [1.82, 2.24) is 5.32 Å². The van der Waals surface area contributed by atoms with Crippen molar-refractivity contribution in [2.24, 2.45) is 11.8 Å². The summed E-state index contributed by atoms with van der Waals surface area (Å²) in [6.45, 7) is 0.608. The van der Waals surface area contributed by atoms with Crippen molar-refractivity contribution in [3.8, 4) is 17.2 Å². The molecule has 1 aliphatic carbocycles. The van der Waals surface area contributed by atoms with Crippen molar-refractivity contribution in [2.75, 3.05) is 19.2 Å². The summed E-state index contributed by atoms with van der Waals surface area (Å²) in [5, 5.41) is 5.72. The van der Waals surface area contributed by atoms with Crippen LogP contribution in [0.4, 0.5) is 5.69 Å². The van der Waals surface area contributed by atoms with Crippen molar-refractivity contribution in [3.05, 3.63) is 48.0 Å². The number of hydrogen-bond donors (Lipinski definition) is 2. The fourth-order valence-electron chi connectivity index (χ4n) is 3.06. The van der Waals surface area contributed by atoms with Crippen molar-refractivity contribution in [2.45, 2.75) is 13.0 Å². The number of methoxy groups -OCH3 is 1. The fourth-order valence-corrected chi connectivity index (χ4v) is 3.06. The van der Waals surface area contributed by atoms with Gasteiger partial charge in [-0.15, -0.1) is 0 Å². The van der Waals surface area contributed by atoms with E-state index in [0.717, 1.165) is 11.3 Å². The molecule has 7 nitrogen and oxygen atoms in total. The van der Waals surface area contributed by atoms with Crippen LogP contribution in [0.15, 0.2) is 42.5 Å². The molecule has 2 aliphatic rings. The van der Waals surface area contributed by atoms with Gasteiger partial charge in [-0.25, -0.2) is 0 Å². The number of benzene rings is 2. The van der Waals surface area contributed by atoms with Crippen LogP contribution in [0.25, 0.3) is 0 Å². The van der Waals surface area contributed by atoms with E-state index in [0.29, 0.717) is 30.2 Å². The number of carbonyl (C=O) groups is 2. The molecule has 2 atom stereocenters. The maximum absolute atomic E-state index is 12.3. The van der Waals surface area contributed by atoms with Gasteiger partial charge in [-0.05, 0) is 48.4 Å². The van der Waals surface area contributed by atoms with Gasteiger partial charge < -0.3 is 24.8 Å². The van der Waals surface area contributed by atoms with Crippen LogP contribution < -0.4 is 24.8 Å². The molecule has 0 spiro atoms. The first-order chi connectivity index (χ1) is 13.1. The fraction of sp³-hybridized carbons (Fsp3) is 0.300. The summed E-state index contributed by atoms with van der Waals surface area (Å²) < 4.78 is 15.7. The monoisotopic (exact) mass is 368 g/mol. The summed E-state index contributed by atoms with van der Waals surface area (Å²) >= 11 is 0. The average molecular weight is 368 g/mol. The number of nitrogens with one attached hydrogen (secondary N) is 2. The number of anilines is 1. The maximum Gasteiger partial charge on any atom is 0.231 e. The lowest BCUT2D eigenvalue weighted by molar-refractivity contribution is -0.125. The van der Waals surface area contributed by atoms with Gasteiger partial charge >= 0.3 is 0 Å². The zero-order chi connectivity index (χ0) is 18.8. The van der Waals surface area contributed by atoms with Gasteiger partial charge in [0, 0.05) is 12.2 Å². The first kappa shape index (κ1) is 17.2. The largest absolute Gasteiger partial charge is 0.497 e. The Morgan fingerprint density at radius 2 is 1.78 bits per heavy atom. The molecule has 2 unspecified atom stereocenters. The summed E-state index contributed by atoms with van der Waals surface area (Å²) in [5.74, 6) is 1.31. The van der Waals surface area contributed by atoms with Crippen molar-refractivity contribution < 1.29 is 23.8 Å². The van der Waals surface area contributed by atoms with Crippen LogP contribution in [-0.2, 0) is 16.1 Å². The molecule has 1 fully saturated rings. The predicted octanol–water partition coefficient (Wildman–Crippen LogP) is 2.31. The first-order valence-electron chi connectivity index (χ1n) is 8.75. The van der Waals surface area contributed by atoms with Crippen molar-refractivity contribution in [3.63, 3.8) is 0 Å². The van der Waals surface area contributed by atoms with E-state index in [1.54, 1.807) is 31.4 Å². The second-order valence-electron chi connectivity index (χ2n) is 6.57. The van der Waals surface area contributed by atoms with E-state index in [4.69, 9.17) is 14.2 Å². The minimum Gasteiger partial charge on any atom is -0.497 e. The molecular formula is C20H20N2O5. The molecule has 0 radical (unpaired) electrons. The molecule has 0 bridgehead atoms. The molecule has 27 heavy (non-hydrogen) atoms. The summed E-state index contributed by atoms with van der Waals surface area (Å²) in [6.07, 6.45) is 0.564. The van der Waals surface area contributed by atoms with Crippen molar-refractivity contribution in [1.29, 1.82) is 0 Å². The van der Waals surface area contributed by atoms with Crippen LogP contribution in [0.1, 0.15) is 12.0 Å². The number of rotatable bonds is 6. The van der Waals surface area contributed by atoms with Gasteiger partial charge in [0.2, 0.25) is 18.6 Å². The van der Waals surface area contributed by atoms with E-state index in [1.165, 1.54) is 0 Å². The summed E-state index contributed by atoms with van der Waals surface area (Å²) in [4.78, 5) is 24.6. The number of amides is 2. The Balaban J connectivity index is 1.26. The zero-order valence-corrected chi connectivity index (χ0v) is 14.9. The lowest BCUT2D eigenvalue weighted by atomic mass is 10.2. The van der Waals surface area contributed by atoms with Gasteiger partial charge in [0.05, 0.1) is 18.9 Å². The summed E-state index contributed by atoms with van der Waals surface area (Å²) in [5.41, 5.74) is 1.61. The highest BCUT2D eigenvalue weighted by atomic mass is 16.7. The van der Waals surface area contributed by atoms with Gasteiger partial charge in [-0.1, -0.05) is 6.07 Å². The van der Waals surface area contributed by atoms with Gasteiger partial charge in [0.1, 0.15) is 5.75 Å². The Bertz CT molecular complexity index is 865. The molecule has 2 aromatic rings. The van der Waals surface area contributed by atoms with Crippen LogP contribution in [-0.4, -0.2) is 25.7 Å². The first-order valence-corrected chi connectivity index (χ1v) is 8.75. The number of ether oxygens (including phenoxy) is 3. The van der Waals surface area contributed by atoms with Crippen LogP contribution in [0.3, 0.4) is 0 Å². The maximum atomic E-state index is 12.3. The highest BCUT2D eigenvalue weighted by molar-refractivity contribution is 5.99. The van der Waals surface area contributed by atoms with E-state index in [2.05, 4.69) is 10.6 Å². The highest BCUT2D eigenvalue weighted by Gasteiger charge is 2.47. The van der Waals surface area contributed by atoms with Gasteiger partial charge in [-0.2, -0.15) is 0 Å². The molecule has 0 aromatic heterocycles. The van der Waals surface area contributed by atoms with Gasteiger partial charge in [0.25, 0.3) is 0 Å². The number of carbonyl (C=O) groups excluding carboxylic acids is 2. The van der Waals surface area contributed by atoms with Crippen molar-refractivity contribution >= 4 is 17.5 Å². The summed E-state index contributed by atoms with van der Waals surface area (Å²) in [7, 11) is 1.59. The average Bonchev–Trinajstić information content (AvgIpc) is 3.37. The van der Waals surface area contributed by atoms with E-state index >= 15 is 0 Å². The quantitative estimate of drug-likeness (QED) is 0.817. The lowest BCUT2D eigenvalue weighted by Gasteiger charge is -2.07. The standard InChI is InChI=1S/C20H20N2O5/c1-25-14-5-3-13(4-6-14)22-20(24)16-9-15(16)19(23)21-10-12-2-7-17-18(8-12)27-11-26-17/h2-8,15-16H,9-11H2,1H3,(H,21,23)(H,22,24). The van der Waals surface area contributed by atoms with Crippen LogP contribution >= 0.6 is 0 Å². The third-order valence-electron chi connectivity index (χ3n) is 4.73. The molecule has 2 amide bonds. The predicted molar refractivity (Wildman–Crippen MR) is 97.6 cm³/mol. The molecule has 140 valence electrons. The Morgan fingerprint density at radius 1 is 1.04 bits per heavy atom.